The topological polar surface area (TPSA) is 17.1 Å². The van der Waals surface area contributed by atoms with Crippen molar-refractivity contribution in [3.8, 4) is 0 Å². The minimum atomic E-state index is 0.0272. The third-order valence-electron chi connectivity index (χ3n) is 3.45. The Morgan fingerprint density at radius 1 is 1.64 bits per heavy atom. The maximum absolute atomic E-state index is 10.9. The van der Waals surface area contributed by atoms with E-state index in [0.29, 0.717) is 11.8 Å². The van der Waals surface area contributed by atoms with Crippen LogP contribution >= 0.6 is 0 Å². The van der Waals surface area contributed by atoms with Crippen LogP contribution in [0.15, 0.2) is 12.2 Å². The highest BCUT2D eigenvalue weighted by molar-refractivity contribution is 5.62. The molecule has 0 aliphatic heterocycles. The molecule has 0 spiro atoms. The molecule has 11 heavy (non-hydrogen) atoms. The number of carbonyl (C=O) groups is 1. The monoisotopic (exact) mass is 150 g/mol. The predicted molar refractivity (Wildman–Crippen MR) is 44.1 cm³/mol. The van der Waals surface area contributed by atoms with Crippen molar-refractivity contribution >= 4 is 6.29 Å². The molecule has 0 radical (unpaired) electrons. The molecule has 0 aromatic rings. The van der Waals surface area contributed by atoms with Crippen molar-refractivity contribution in [3.05, 3.63) is 12.2 Å². The van der Waals surface area contributed by atoms with Gasteiger partial charge in [-0.3, -0.25) is 0 Å². The summed E-state index contributed by atoms with van der Waals surface area (Å²) in [4.78, 5) is 10.9. The molecule has 60 valence electrons. The molecule has 2 bridgehead atoms. The molecule has 0 saturated heterocycles. The van der Waals surface area contributed by atoms with Crippen LogP contribution in [0.4, 0.5) is 0 Å². The molecule has 0 heterocycles. The van der Waals surface area contributed by atoms with E-state index < -0.39 is 0 Å². The van der Waals surface area contributed by atoms with E-state index in [1.807, 2.05) is 0 Å². The summed E-state index contributed by atoms with van der Waals surface area (Å²) >= 11 is 0. The fourth-order valence-electron chi connectivity index (χ4n) is 2.62. The first-order chi connectivity index (χ1) is 5.30. The van der Waals surface area contributed by atoms with Crippen LogP contribution in [0.25, 0.3) is 0 Å². The SMILES string of the molecule is CC[C@]1(C=O)C[C@@H]2C=C[C@H]1C2. The number of hydrogen-bond donors (Lipinski definition) is 0. The van der Waals surface area contributed by atoms with Crippen LogP contribution in [-0.2, 0) is 4.79 Å². The van der Waals surface area contributed by atoms with Crippen molar-refractivity contribution in [3.63, 3.8) is 0 Å². The van der Waals surface area contributed by atoms with Crippen LogP contribution in [0.1, 0.15) is 26.2 Å². The van der Waals surface area contributed by atoms with Crippen LogP contribution in [0.2, 0.25) is 0 Å². The van der Waals surface area contributed by atoms with E-state index in [0.717, 1.165) is 12.8 Å². The summed E-state index contributed by atoms with van der Waals surface area (Å²) in [5.41, 5.74) is 0.0272. The highest BCUT2D eigenvalue weighted by atomic mass is 16.1. The Labute approximate surface area is 67.5 Å². The Balaban J connectivity index is 2.28. The second-order valence-corrected chi connectivity index (χ2v) is 3.90. The van der Waals surface area contributed by atoms with Gasteiger partial charge in [0.15, 0.2) is 0 Å². The Hall–Kier alpha value is -0.590. The summed E-state index contributed by atoms with van der Waals surface area (Å²) < 4.78 is 0. The van der Waals surface area contributed by atoms with Crippen LogP contribution in [0.3, 0.4) is 0 Å². The number of aldehydes is 1. The van der Waals surface area contributed by atoms with Gasteiger partial charge in [-0.15, -0.1) is 0 Å². The standard InChI is InChI=1S/C10H14O/c1-2-10(7-11)6-8-3-4-9(10)5-8/h3-4,7-9H,2,5-6H2,1H3/t8-,9+,10-/m1/s1. The van der Waals surface area contributed by atoms with Crippen LogP contribution in [0.5, 0.6) is 0 Å². The molecule has 0 amide bonds. The smallest absolute Gasteiger partial charge is 0.126 e. The van der Waals surface area contributed by atoms with E-state index in [2.05, 4.69) is 19.1 Å². The second-order valence-electron chi connectivity index (χ2n) is 3.90. The summed E-state index contributed by atoms with van der Waals surface area (Å²) in [5.74, 6) is 1.28. The van der Waals surface area contributed by atoms with E-state index in [9.17, 15) is 4.79 Å². The number of carbonyl (C=O) groups excluding carboxylic acids is 1. The summed E-state index contributed by atoms with van der Waals surface area (Å²) in [5, 5.41) is 0. The van der Waals surface area contributed by atoms with Crippen molar-refractivity contribution in [2.75, 3.05) is 0 Å². The third kappa shape index (κ3) is 0.800. The molecule has 1 nitrogen and oxygen atoms in total. The highest BCUT2D eigenvalue weighted by Gasteiger charge is 2.46. The number of rotatable bonds is 2. The van der Waals surface area contributed by atoms with Crippen molar-refractivity contribution in [2.45, 2.75) is 26.2 Å². The average molecular weight is 150 g/mol. The van der Waals surface area contributed by atoms with Gasteiger partial charge in [0.25, 0.3) is 0 Å². The minimum absolute atomic E-state index is 0.0272. The molecule has 2 aliphatic carbocycles. The van der Waals surface area contributed by atoms with Gasteiger partial charge in [-0.1, -0.05) is 19.1 Å². The average Bonchev–Trinajstić information content (AvgIpc) is 2.62. The zero-order valence-corrected chi connectivity index (χ0v) is 6.92. The first-order valence-electron chi connectivity index (χ1n) is 4.45. The van der Waals surface area contributed by atoms with Crippen molar-refractivity contribution < 1.29 is 4.79 Å². The first-order valence-corrected chi connectivity index (χ1v) is 4.45. The van der Waals surface area contributed by atoms with Gasteiger partial charge in [-0.05, 0) is 31.1 Å². The molecule has 3 atom stereocenters. The van der Waals surface area contributed by atoms with Gasteiger partial charge in [0.1, 0.15) is 6.29 Å². The van der Waals surface area contributed by atoms with E-state index in [1.165, 1.54) is 12.7 Å². The van der Waals surface area contributed by atoms with E-state index in [1.54, 1.807) is 0 Å². The molecule has 0 aromatic heterocycles. The minimum Gasteiger partial charge on any atom is -0.303 e. The predicted octanol–water partition coefficient (Wildman–Crippen LogP) is 2.18. The van der Waals surface area contributed by atoms with Gasteiger partial charge >= 0.3 is 0 Å². The molecular weight excluding hydrogens is 136 g/mol. The molecule has 2 rings (SSSR count). The van der Waals surface area contributed by atoms with E-state index in [-0.39, 0.29) is 5.41 Å². The lowest BCUT2D eigenvalue weighted by Crippen LogP contribution is -2.26. The van der Waals surface area contributed by atoms with Crippen LogP contribution in [-0.4, -0.2) is 6.29 Å². The molecule has 1 heteroatoms. The Morgan fingerprint density at radius 3 is 2.73 bits per heavy atom. The Kier molecular flexibility index (Phi) is 1.41. The largest absolute Gasteiger partial charge is 0.303 e. The van der Waals surface area contributed by atoms with Crippen molar-refractivity contribution in [1.29, 1.82) is 0 Å². The second kappa shape index (κ2) is 2.20. The maximum atomic E-state index is 10.9. The summed E-state index contributed by atoms with van der Waals surface area (Å²) in [6.07, 6.45) is 9.07. The lowest BCUT2D eigenvalue weighted by molar-refractivity contribution is -0.117. The Morgan fingerprint density at radius 2 is 2.45 bits per heavy atom. The van der Waals surface area contributed by atoms with E-state index in [4.69, 9.17) is 0 Å². The zero-order valence-electron chi connectivity index (χ0n) is 6.92. The summed E-state index contributed by atoms with van der Waals surface area (Å²) in [6.45, 7) is 2.13. The van der Waals surface area contributed by atoms with Crippen LogP contribution in [0, 0.1) is 17.3 Å². The quantitative estimate of drug-likeness (QED) is 0.435. The van der Waals surface area contributed by atoms with Gasteiger partial charge < -0.3 is 4.79 Å². The lowest BCUT2D eigenvalue weighted by atomic mass is 9.75. The molecule has 1 saturated carbocycles. The fourth-order valence-corrected chi connectivity index (χ4v) is 2.62. The third-order valence-corrected chi connectivity index (χ3v) is 3.45. The molecular formula is C10H14O. The lowest BCUT2D eigenvalue weighted by Gasteiger charge is -2.27. The number of hydrogen-bond acceptors (Lipinski definition) is 1. The first kappa shape index (κ1) is 7.08. The van der Waals surface area contributed by atoms with Gasteiger partial charge in [-0.2, -0.15) is 0 Å². The summed E-state index contributed by atoms with van der Waals surface area (Å²) in [7, 11) is 0. The van der Waals surface area contributed by atoms with Crippen LogP contribution < -0.4 is 0 Å². The molecule has 0 N–H and O–H groups in total. The van der Waals surface area contributed by atoms with Crippen molar-refractivity contribution in [2.24, 2.45) is 17.3 Å². The zero-order chi connectivity index (χ0) is 7.90. The van der Waals surface area contributed by atoms with Gasteiger partial charge in [0.05, 0.1) is 0 Å². The molecule has 0 aromatic carbocycles. The summed E-state index contributed by atoms with van der Waals surface area (Å²) in [6, 6.07) is 0. The normalized spacial score (nSPS) is 46.6. The highest BCUT2D eigenvalue weighted by Crippen LogP contribution is 2.52. The number of allylic oxidation sites excluding steroid dienone is 2. The molecule has 2 aliphatic rings. The Bertz CT molecular complexity index is 207. The molecule has 0 unspecified atom stereocenters. The molecule has 1 fully saturated rings. The van der Waals surface area contributed by atoms with Gasteiger partial charge in [0.2, 0.25) is 0 Å². The van der Waals surface area contributed by atoms with E-state index >= 15 is 0 Å². The van der Waals surface area contributed by atoms with Crippen molar-refractivity contribution in [1.82, 2.24) is 0 Å². The maximum Gasteiger partial charge on any atom is 0.126 e. The van der Waals surface area contributed by atoms with Gasteiger partial charge in [0, 0.05) is 5.41 Å². The van der Waals surface area contributed by atoms with Gasteiger partial charge in [-0.25, -0.2) is 0 Å². The number of fused-ring (bicyclic) bond motifs is 2. The fraction of sp³-hybridized carbons (Fsp3) is 0.700.